The zero-order valence-corrected chi connectivity index (χ0v) is 13.5. The molecule has 0 aliphatic heterocycles. The molecular formula is C17H21NO2S. The molecule has 3 nitrogen and oxygen atoms in total. The summed E-state index contributed by atoms with van der Waals surface area (Å²) in [4.78, 5) is 5.83. The van der Waals surface area contributed by atoms with Crippen LogP contribution >= 0.6 is 11.3 Å². The van der Waals surface area contributed by atoms with Gasteiger partial charge in [0.1, 0.15) is 5.75 Å². The zero-order chi connectivity index (χ0) is 15.0. The third-order valence-corrected chi connectivity index (χ3v) is 5.15. The van der Waals surface area contributed by atoms with Gasteiger partial charge in [0.2, 0.25) is 0 Å². The Bertz CT molecular complexity index is 648. The molecule has 0 saturated heterocycles. The lowest BCUT2D eigenvalue weighted by molar-refractivity contribution is 0.102. The van der Waals surface area contributed by atoms with Gasteiger partial charge in [0, 0.05) is 6.42 Å². The summed E-state index contributed by atoms with van der Waals surface area (Å²) in [6.07, 6.45) is 2.21. The molecule has 2 aromatic rings. The third kappa shape index (κ3) is 3.11. The van der Waals surface area contributed by atoms with Gasteiger partial charge in [-0.3, -0.25) is 0 Å². The second-order valence-electron chi connectivity index (χ2n) is 6.51. The number of methoxy groups -OCH3 is 1. The zero-order valence-electron chi connectivity index (χ0n) is 12.7. The second kappa shape index (κ2) is 5.43. The first-order valence-corrected chi connectivity index (χ1v) is 8.08. The van der Waals surface area contributed by atoms with Gasteiger partial charge in [-0.25, -0.2) is 4.98 Å². The minimum Gasteiger partial charge on any atom is -0.497 e. The lowest BCUT2D eigenvalue weighted by Crippen LogP contribution is -2.24. The third-order valence-electron chi connectivity index (χ3n) is 3.96. The van der Waals surface area contributed by atoms with Gasteiger partial charge in [0.15, 0.2) is 0 Å². The van der Waals surface area contributed by atoms with Gasteiger partial charge in [-0.2, -0.15) is 0 Å². The molecule has 1 aromatic heterocycles. The van der Waals surface area contributed by atoms with E-state index in [0.717, 1.165) is 40.6 Å². The fraction of sp³-hybridized carbons (Fsp3) is 0.471. The maximum Gasteiger partial charge on any atom is 0.119 e. The number of aliphatic hydroxyl groups is 1. The monoisotopic (exact) mass is 303 g/mol. The first-order chi connectivity index (χ1) is 9.97. The first-order valence-electron chi connectivity index (χ1n) is 7.26. The van der Waals surface area contributed by atoms with E-state index in [1.807, 2.05) is 18.2 Å². The molecule has 112 valence electrons. The number of aromatic nitrogens is 1. The van der Waals surface area contributed by atoms with Gasteiger partial charge in [0.05, 0.1) is 28.8 Å². The van der Waals surface area contributed by atoms with Crippen LogP contribution in [0, 0.1) is 5.41 Å². The fourth-order valence-corrected chi connectivity index (χ4v) is 4.08. The van der Waals surface area contributed by atoms with Gasteiger partial charge in [-0.1, -0.05) is 26.0 Å². The molecule has 0 saturated carbocycles. The van der Waals surface area contributed by atoms with E-state index in [1.54, 1.807) is 18.4 Å². The quantitative estimate of drug-likeness (QED) is 0.939. The number of hydrogen-bond donors (Lipinski definition) is 1. The van der Waals surface area contributed by atoms with E-state index in [2.05, 4.69) is 19.9 Å². The maximum atomic E-state index is 10.3. The molecule has 0 amide bonds. The summed E-state index contributed by atoms with van der Waals surface area (Å²) >= 11 is 1.65. The van der Waals surface area contributed by atoms with Crippen LogP contribution in [0.3, 0.4) is 0 Å². The van der Waals surface area contributed by atoms with Crippen molar-refractivity contribution in [2.75, 3.05) is 7.11 Å². The lowest BCUT2D eigenvalue weighted by atomic mass is 9.77. The predicted molar refractivity (Wildman–Crippen MR) is 85.0 cm³/mol. The van der Waals surface area contributed by atoms with Crippen LogP contribution < -0.4 is 4.74 Å². The highest BCUT2D eigenvalue weighted by atomic mass is 32.1. The molecule has 1 N–H and O–H groups in total. The molecule has 3 rings (SSSR count). The Hall–Kier alpha value is -1.39. The van der Waals surface area contributed by atoms with Crippen LogP contribution in [0.1, 0.15) is 47.5 Å². The van der Waals surface area contributed by atoms with E-state index in [0.29, 0.717) is 0 Å². The van der Waals surface area contributed by atoms with Crippen LogP contribution in [0.15, 0.2) is 24.3 Å². The van der Waals surface area contributed by atoms with Crippen molar-refractivity contribution < 1.29 is 9.84 Å². The predicted octanol–water partition coefficient (Wildman–Crippen LogP) is 3.75. The average Bonchev–Trinajstić information content (AvgIpc) is 2.80. The number of thiazole rings is 1. The van der Waals surface area contributed by atoms with Crippen LogP contribution in [-0.4, -0.2) is 17.2 Å². The SMILES string of the molecule is COc1cccc(Cc2nc3c(s2)C(O)CC(C)(C)C3)c1. The summed E-state index contributed by atoms with van der Waals surface area (Å²) in [6, 6.07) is 8.08. The minimum atomic E-state index is -0.361. The van der Waals surface area contributed by atoms with Crippen molar-refractivity contribution in [2.24, 2.45) is 5.41 Å². The van der Waals surface area contributed by atoms with Crippen molar-refractivity contribution >= 4 is 11.3 Å². The number of rotatable bonds is 3. The molecule has 0 radical (unpaired) electrons. The van der Waals surface area contributed by atoms with Crippen molar-refractivity contribution in [3.63, 3.8) is 0 Å². The number of fused-ring (bicyclic) bond motifs is 1. The van der Waals surface area contributed by atoms with Gasteiger partial charge in [-0.05, 0) is 36.0 Å². The Balaban J connectivity index is 1.85. The molecule has 0 bridgehead atoms. The molecular weight excluding hydrogens is 282 g/mol. The highest BCUT2D eigenvalue weighted by Crippen LogP contribution is 2.43. The molecule has 1 aliphatic rings. The number of benzene rings is 1. The molecule has 0 fully saturated rings. The van der Waals surface area contributed by atoms with E-state index >= 15 is 0 Å². The Labute approximate surface area is 129 Å². The van der Waals surface area contributed by atoms with Gasteiger partial charge in [-0.15, -0.1) is 11.3 Å². The van der Waals surface area contributed by atoms with Crippen molar-refractivity contribution in [1.82, 2.24) is 4.98 Å². The molecule has 4 heteroatoms. The topological polar surface area (TPSA) is 42.4 Å². The van der Waals surface area contributed by atoms with Crippen molar-refractivity contribution in [1.29, 1.82) is 0 Å². The van der Waals surface area contributed by atoms with Gasteiger partial charge in [0.25, 0.3) is 0 Å². The highest BCUT2D eigenvalue weighted by molar-refractivity contribution is 7.11. The molecule has 21 heavy (non-hydrogen) atoms. The minimum absolute atomic E-state index is 0.133. The first kappa shape index (κ1) is 14.5. The second-order valence-corrected chi connectivity index (χ2v) is 7.62. The standard InChI is InChI=1S/C17H21NO2S/c1-17(2)9-13-16(14(19)10-17)21-15(18-13)8-11-5-4-6-12(7-11)20-3/h4-7,14,19H,8-10H2,1-3H3. The Kier molecular flexibility index (Phi) is 3.76. The molecule has 1 unspecified atom stereocenters. The normalized spacial score (nSPS) is 20.1. The Morgan fingerprint density at radius 2 is 2.24 bits per heavy atom. The van der Waals surface area contributed by atoms with E-state index in [9.17, 15) is 5.11 Å². The van der Waals surface area contributed by atoms with Crippen molar-refractivity contribution in [2.45, 2.75) is 39.2 Å². The average molecular weight is 303 g/mol. The summed E-state index contributed by atoms with van der Waals surface area (Å²) in [5.41, 5.74) is 2.41. The van der Waals surface area contributed by atoms with E-state index in [1.165, 1.54) is 5.56 Å². The number of aliphatic hydroxyl groups excluding tert-OH is 1. The van der Waals surface area contributed by atoms with E-state index in [-0.39, 0.29) is 11.5 Å². The fourth-order valence-electron chi connectivity index (χ4n) is 2.98. The Morgan fingerprint density at radius 1 is 1.43 bits per heavy atom. The summed E-state index contributed by atoms with van der Waals surface area (Å²) in [7, 11) is 1.68. The molecule has 1 atom stereocenters. The largest absolute Gasteiger partial charge is 0.497 e. The molecule has 1 aliphatic carbocycles. The van der Waals surface area contributed by atoms with Crippen molar-refractivity contribution in [3.05, 3.63) is 45.4 Å². The van der Waals surface area contributed by atoms with E-state index in [4.69, 9.17) is 9.72 Å². The van der Waals surface area contributed by atoms with Crippen molar-refractivity contribution in [3.8, 4) is 5.75 Å². The summed E-state index contributed by atoms with van der Waals surface area (Å²) in [5, 5.41) is 11.4. The Morgan fingerprint density at radius 3 is 3.00 bits per heavy atom. The highest BCUT2D eigenvalue weighted by Gasteiger charge is 2.33. The molecule has 1 heterocycles. The maximum absolute atomic E-state index is 10.3. The van der Waals surface area contributed by atoms with Gasteiger partial charge < -0.3 is 9.84 Å². The number of nitrogens with zero attached hydrogens (tertiary/aromatic N) is 1. The number of ether oxygens (including phenoxy) is 1. The lowest BCUT2D eigenvalue weighted by Gasteiger charge is -2.31. The summed E-state index contributed by atoms with van der Waals surface area (Å²) in [5.74, 6) is 0.870. The van der Waals surface area contributed by atoms with Crippen LogP contribution in [0.2, 0.25) is 0 Å². The summed E-state index contributed by atoms with van der Waals surface area (Å²) in [6.45, 7) is 4.39. The molecule has 0 spiro atoms. The smallest absolute Gasteiger partial charge is 0.119 e. The van der Waals surface area contributed by atoms with Crippen LogP contribution in [0.5, 0.6) is 5.75 Å². The van der Waals surface area contributed by atoms with Gasteiger partial charge >= 0.3 is 0 Å². The molecule has 1 aromatic carbocycles. The summed E-state index contributed by atoms with van der Waals surface area (Å²) < 4.78 is 5.26. The van der Waals surface area contributed by atoms with Crippen LogP contribution in [0.25, 0.3) is 0 Å². The number of hydrogen-bond acceptors (Lipinski definition) is 4. The van der Waals surface area contributed by atoms with E-state index < -0.39 is 0 Å². The van der Waals surface area contributed by atoms with Crippen LogP contribution in [0.4, 0.5) is 0 Å². The van der Waals surface area contributed by atoms with Crippen LogP contribution in [-0.2, 0) is 12.8 Å².